The Morgan fingerprint density at radius 1 is 1.18 bits per heavy atom. The van der Waals surface area contributed by atoms with Crippen molar-refractivity contribution in [1.29, 1.82) is 0 Å². The van der Waals surface area contributed by atoms with Crippen molar-refractivity contribution in [2.24, 2.45) is 0 Å². The predicted molar refractivity (Wildman–Crippen MR) is 116 cm³/mol. The molecule has 4 rings (SSSR count). The van der Waals surface area contributed by atoms with E-state index in [1.54, 1.807) is 11.3 Å². The summed E-state index contributed by atoms with van der Waals surface area (Å²) in [7, 11) is 0. The van der Waals surface area contributed by atoms with E-state index in [0.29, 0.717) is 18.5 Å². The lowest BCUT2D eigenvalue weighted by molar-refractivity contribution is -0.929. The highest BCUT2D eigenvalue weighted by molar-refractivity contribution is 7.18. The third kappa shape index (κ3) is 4.10. The zero-order chi connectivity index (χ0) is 19.5. The average molecular weight is 395 g/mol. The molecule has 2 N–H and O–H groups in total. The van der Waals surface area contributed by atoms with E-state index >= 15 is 0 Å². The fraction of sp³-hybridized carbons (Fsp3) is 0.391. The molecule has 28 heavy (non-hydrogen) atoms. The van der Waals surface area contributed by atoms with Crippen LogP contribution in [0.5, 0.6) is 0 Å². The van der Waals surface area contributed by atoms with Crippen molar-refractivity contribution < 1.29 is 9.69 Å². The molecular formula is C23H28N3OS+. The Morgan fingerprint density at radius 2 is 1.96 bits per heavy atom. The molecule has 0 aliphatic carbocycles. The molecule has 0 radical (unpaired) electrons. The van der Waals surface area contributed by atoms with Crippen molar-refractivity contribution in [3.8, 4) is 0 Å². The topological polar surface area (TPSA) is 46.4 Å². The number of quaternary nitrogens is 1. The summed E-state index contributed by atoms with van der Waals surface area (Å²) in [4.78, 5) is 19.1. The van der Waals surface area contributed by atoms with Crippen LogP contribution in [0.15, 0.2) is 48.5 Å². The normalized spacial score (nSPS) is 19.8. The first-order valence-corrected chi connectivity index (χ1v) is 11.0. The van der Waals surface area contributed by atoms with Crippen molar-refractivity contribution in [2.45, 2.75) is 45.1 Å². The first kappa shape index (κ1) is 19.1. The summed E-state index contributed by atoms with van der Waals surface area (Å²) in [6.45, 7) is 5.83. The van der Waals surface area contributed by atoms with E-state index in [-0.39, 0.29) is 5.91 Å². The lowest BCUT2D eigenvalue weighted by atomic mass is 10.0. The molecule has 146 valence electrons. The van der Waals surface area contributed by atoms with E-state index in [4.69, 9.17) is 4.98 Å². The van der Waals surface area contributed by atoms with Crippen molar-refractivity contribution >= 4 is 33.1 Å². The summed E-state index contributed by atoms with van der Waals surface area (Å²) in [6.07, 6.45) is 3.49. The molecule has 1 unspecified atom stereocenters. The number of para-hydroxylation sites is 2. The maximum absolute atomic E-state index is 12.9. The van der Waals surface area contributed by atoms with Crippen molar-refractivity contribution in [1.82, 2.24) is 4.98 Å². The minimum Gasteiger partial charge on any atom is -0.321 e. The largest absolute Gasteiger partial charge is 0.321 e. The number of hydrogen-bond acceptors (Lipinski definition) is 3. The SMILES string of the molecule is CC(C)c1ccccc1NC(=O)C[NH+]1CCCC[C@@H]1c1nc2ccccc2s1. The van der Waals surface area contributed by atoms with Gasteiger partial charge in [0.05, 0.1) is 16.8 Å². The van der Waals surface area contributed by atoms with Crippen LogP contribution >= 0.6 is 11.3 Å². The zero-order valence-corrected chi connectivity index (χ0v) is 17.4. The highest BCUT2D eigenvalue weighted by atomic mass is 32.1. The summed E-state index contributed by atoms with van der Waals surface area (Å²) in [5, 5.41) is 4.33. The fourth-order valence-electron chi connectivity index (χ4n) is 4.14. The number of benzene rings is 2. The number of rotatable bonds is 5. The van der Waals surface area contributed by atoms with Gasteiger partial charge in [0.1, 0.15) is 6.04 Å². The number of nitrogens with zero attached hydrogens (tertiary/aromatic N) is 1. The second-order valence-corrected chi connectivity index (χ2v) is 9.01. The molecule has 0 bridgehead atoms. The van der Waals surface area contributed by atoms with Crippen LogP contribution in [0.25, 0.3) is 10.2 Å². The molecule has 0 saturated carbocycles. The summed E-state index contributed by atoms with van der Waals surface area (Å²) in [6, 6.07) is 16.7. The fourth-order valence-corrected chi connectivity index (χ4v) is 5.30. The maximum atomic E-state index is 12.9. The Balaban J connectivity index is 1.50. The van der Waals surface area contributed by atoms with Crippen LogP contribution in [0.2, 0.25) is 0 Å². The minimum absolute atomic E-state index is 0.0936. The van der Waals surface area contributed by atoms with Gasteiger partial charge in [-0.1, -0.05) is 44.2 Å². The molecule has 5 heteroatoms. The lowest BCUT2D eigenvalue weighted by Gasteiger charge is -2.30. The van der Waals surface area contributed by atoms with Gasteiger partial charge >= 0.3 is 0 Å². The summed E-state index contributed by atoms with van der Waals surface area (Å²) >= 11 is 1.78. The molecule has 1 aliphatic heterocycles. The number of carbonyl (C=O) groups excluding carboxylic acids is 1. The van der Waals surface area contributed by atoms with Crippen molar-refractivity contribution in [3.05, 3.63) is 59.1 Å². The van der Waals surface area contributed by atoms with Crippen LogP contribution in [0.1, 0.15) is 55.6 Å². The number of amides is 1. The average Bonchev–Trinajstić information content (AvgIpc) is 3.12. The lowest BCUT2D eigenvalue weighted by Crippen LogP contribution is -3.14. The highest BCUT2D eigenvalue weighted by Crippen LogP contribution is 2.28. The molecule has 2 atom stereocenters. The van der Waals surface area contributed by atoms with Crippen molar-refractivity contribution in [3.63, 3.8) is 0 Å². The van der Waals surface area contributed by atoms with Gasteiger partial charge in [-0.3, -0.25) is 4.79 Å². The molecule has 1 aliphatic rings. The molecule has 1 saturated heterocycles. The molecule has 2 heterocycles. The van der Waals surface area contributed by atoms with Crippen LogP contribution in [0.4, 0.5) is 5.69 Å². The predicted octanol–water partition coefficient (Wildman–Crippen LogP) is 4.17. The van der Waals surface area contributed by atoms with E-state index < -0.39 is 0 Å². The molecule has 3 aromatic rings. The van der Waals surface area contributed by atoms with Gasteiger partial charge in [-0.15, -0.1) is 11.3 Å². The van der Waals surface area contributed by atoms with Gasteiger partial charge in [0.15, 0.2) is 11.6 Å². The first-order valence-electron chi connectivity index (χ1n) is 10.2. The van der Waals surface area contributed by atoms with Crippen LogP contribution in [0, 0.1) is 0 Å². The number of aromatic nitrogens is 1. The quantitative estimate of drug-likeness (QED) is 0.682. The van der Waals surface area contributed by atoms with Crippen LogP contribution in [-0.2, 0) is 4.79 Å². The standard InChI is InChI=1S/C23H27N3OS/c1-16(2)17-9-3-4-10-18(17)24-22(27)15-26-14-8-7-12-20(26)23-25-19-11-5-6-13-21(19)28-23/h3-6,9-11,13,16,20H,7-8,12,14-15H2,1-2H3,(H,24,27)/p+1/t20-/m1/s1. The second-order valence-electron chi connectivity index (χ2n) is 7.94. The van der Waals surface area contributed by atoms with Gasteiger partial charge in [0, 0.05) is 12.1 Å². The molecule has 4 nitrogen and oxygen atoms in total. The number of likely N-dealkylation sites (tertiary alicyclic amines) is 1. The van der Waals surface area contributed by atoms with Gasteiger partial charge in [0.25, 0.3) is 5.91 Å². The first-order chi connectivity index (χ1) is 13.6. The van der Waals surface area contributed by atoms with Gasteiger partial charge in [-0.05, 0) is 42.5 Å². The van der Waals surface area contributed by atoms with Crippen LogP contribution < -0.4 is 10.2 Å². The summed E-state index contributed by atoms with van der Waals surface area (Å²) in [5.74, 6) is 0.477. The number of hydrogen-bond donors (Lipinski definition) is 2. The number of nitrogens with one attached hydrogen (secondary N) is 2. The Morgan fingerprint density at radius 3 is 2.79 bits per heavy atom. The summed E-state index contributed by atoms with van der Waals surface area (Å²) in [5.41, 5.74) is 3.20. The number of fused-ring (bicyclic) bond motifs is 1. The Bertz CT molecular complexity index is 932. The molecule has 1 fully saturated rings. The number of anilines is 1. The Kier molecular flexibility index (Phi) is 5.74. The van der Waals surface area contributed by atoms with Gasteiger partial charge in [-0.2, -0.15) is 0 Å². The zero-order valence-electron chi connectivity index (χ0n) is 16.6. The van der Waals surface area contributed by atoms with Gasteiger partial charge in [0.2, 0.25) is 0 Å². The third-order valence-corrected chi connectivity index (χ3v) is 6.74. The van der Waals surface area contributed by atoms with E-state index in [2.05, 4.69) is 43.4 Å². The van der Waals surface area contributed by atoms with E-state index in [0.717, 1.165) is 24.2 Å². The molecule has 1 amide bonds. The van der Waals surface area contributed by atoms with E-state index in [1.807, 2.05) is 24.3 Å². The molecule has 0 spiro atoms. The Hall–Kier alpha value is -2.24. The molecule has 2 aromatic carbocycles. The molecule has 1 aromatic heterocycles. The minimum atomic E-state index is 0.0936. The number of carbonyl (C=O) groups is 1. The van der Waals surface area contributed by atoms with E-state index in [9.17, 15) is 4.79 Å². The van der Waals surface area contributed by atoms with Gasteiger partial charge in [-0.25, -0.2) is 4.98 Å². The highest BCUT2D eigenvalue weighted by Gasteiger charge is 2.32. The van der Waals surface area contributed by atoms with Crippen molar-refractivity contribution in [2.75, 3.05) is 18.4 Å². The van der Waals surface area contributed by atoms with Gasteiger partial charge < -0.3 is 10.2 Å². The third-order valence-electron chi connectivity index (χ3n) is 5.59. The summed E-state index contributed by atoms with van der Waals surface area (Å²) < 4.78 is 1.23. The Labute approximate surface area is 170 Å². The second kappa shape index (κ2) is 8.41. The van der Waals surface area contributed by atoms with Crippen LogP contribution in [0.3, 0.4) is 0 Å². The molecular weight excluding hydrogens is 366 g/mol. The monoisotopic (exact) mass is 394 g/mol. The van der Waals surface area contributed by atoms with Crippen LogP contribution in [-0.4, -0.2) is 24.0 Å². The van der Waals surface area contributed by atoms with E-state index in [1.165, 1.54) is 33.0 Å². The maximum Gasteiger partial charge on any atom is 0.279 e. The number of piperidine rings is 1. The smallest absolute Gasteiger partial charge is 0.279 e. The number of thiazole rings is 1.